The molecule has 1 N–H and O–H groups in total. The summed E-state index contributed by atoms with van der Waals surface area (Å²) in [6.07, 6.45) is 4.52. The van der Waals surface area contributed by atoms with Crippen LogP contribution in [-0.2, 0) is 9.84 Å². The van der Waals surface area contributed by atoms with Gasteiger partial charge in [-0.15, -0.1) is 0 Å². The van der Waals surface area contributed by atoms with E-state index in [9.17, 15) is 8.42 Å². The molecule has 0 aromatic rings. The van der Waals surface area contributed by atoms with Crippen molar-refractivity contribution < 1.29 is 8.42 Å². The van der Waals surface area contributed by atoms with Crippen molar-refractivity contribution in [1.29, 1.82) is 0 Å². The molecule has 0 aromatic heterocycles. The van der Waals surface area contributed by atoms with Crippen LogP contribution in [0.1, 0.15) is 46.5 Å². The van der Waals surface area contributed by atoms with Gasteiger partial charge in [-0.3, -0.25) is 0 Å². The largest absolute Gasteiger partial charge is 0.314 e. The maximum atomic E-state index is 11.5. The average molecular weight is 261 g/mol. The molecule has 3 nitrogen and oxygen atoms in total. The molecule has 1 unspecified atom stereocenters. The van der Waals surface area contributed by atoms with Crippen LogP contribution in [0.5, 0.6) is 0 Å². The minimum atomic E-state index is -2.80. The lowest BCUT2D eigenvalue weighted by Gasteiger charge is -2.19. The summed E-state index contributed by atoms with van der Waals surface area (Å²) < 4.78 is 23.0. The van der Waals surface area contributed by atoms with Crippen LogP contribution >= 0.6 is 0 Å². The van der Waals surface area contributed by atoms with E-state index in [2.05, 4.69) is 19.2 Å². The predicted octanol–water partition coefficient (Wildman–Crippen LogP) is 2.23. The zero-order valence-electron chi connectivity index (χ0n) is 11.4. The van der Waals surface area contributed by atoms with Gasteiger partial charge in [0.2, 0.25) is 0 Å². The van der Waals surface area contributed by atoms with Gasteiger partial charge in [-0.25, -0.2) is 8.42 Å². The van der Waals surface area contributed by atoms with Gasteiger partial charge in [-0.2, -0.15) is 0 Å². The number of hydrogen-bond acceptors (Lipinski definition) is 3. The van der Waals surface area contributed by atoms with Gasteiger partial charge in [0, 0.05) is 11.8 Å². The van der Waals surface area contributed by atoms with Crippen molar-refractivity contribution in [1.82, 2.24) is 5.32 Å². The summed E-state index contributed by atoms with van der Waals surface area (Å²) in [5.74, 6) is 1.78. The van der Waals surface area contributed by atoms with Crippen molar-refractivity contribution in [3.8, 4) is 0 Å². The van der Waals surface area contributed by atoms with E-state index in [1.165, 1.54) is 12.8 Å². The van der Waals surface area contributed by atoms with Crippen molar-refractivity contribution >= 4 is 9.84 Å². The van der Waals surface area contributed by atoms with Gasteiger partial charge in [-0.1, -0.05) is 20.8 Å². The lowest BCUT2D eigenvalue weighted by molar-refractivity contribution is 0.376. The maximum Gasteiger partial charge on any atom is 0.150 e. The molecule has 0 amide bonds. The van der Waals surface area contributed by atoms with Crippen LogP contribution < -0.4 is 5.32 Å². The Kier molecular flexibility index (Phi) is 5.93. The Balaban J connectivity index is 2.33. The highest BCUT2D eigenvalue weighted by Crippen LogP contribution is 2.21. The Hall–Kier alpha value is -0.0900. The first-order valence-corrected chi connectivity index (χ1v) is 8.69. The summed E-state index contributed by atoms with van der Waals surface area (Å²) >= 11 is 0. The molecule has 0 bridgehead atoms. The second-order valence-corrected chi connectivity index (χ2v) is 8.18. The minimum Gasteiger partial charge on any atom is -0.314 e. The van der Waals surface area contributed by atoms with Gasteiger partial charge in [0.1, 0.15) is 9.84 Å². The first-order valence-electron chi connectivity index (χ1n) is 6.86. The van der Waals surface area contributed by atoms with Crippen LogP contribution in [0.3, 0.4) is 0 Å². The molecule has 0 saturated heterocycles. The third kappa shape index (κ3) is 7.04. The Bertz CT molecular complexity index is 307. The van der Waals surface area contributed by atoms with Crippen LogP contribution in [0.15, 0.2) is 0 Å². The summed E-state index contributed by atoms with van der Waals surface area (Å²) in [5, 5.41) is 3.52. The molecule has 1 fully saturated rings. The minimum absolute atomic E-state index is 0.275. The first kappa shape index (κ1) is 15.0. The standard InChI is InChI=1S/C13H27NO2S/c1-4-17(15,16)8-7-12(9-11(2)3)10-14-13-5-6-13/h11-14H,4-10H2,1-3H3. The lowest BCUT2D eigenvalue weighted by Crippen LogP contribution is -2.27. The molecular formula is C13H27NO2S. The molecule has 17 heavy (non-hydrogen) atoms. The fourth-order valence-electron chi connectivity index (χ4n) is 2.08. The molecule has 1 rings (SSSR count). The van der Waals surface area contributed by atoms with E-state index in [1.807, 2.05) is 0 Å². The van der Waals surface area contributed by atoms with Gasteiger partial charge in [-0.05, 0) is 44.1 Å². The fraction of sp³-hybridized carbons (Fsp3) is 1.00. The average Bonchev–Trinajstić information content (AvgIpc) is 3.05. The van der Waals surface area contributed by atoms with Crippen molar-refractivity contribution in [2.75, 3.05) is 18.1 Å². The molecular weight excluding hydrogens is 234 g/mol. The maximum absolute atomic E-state index is 11.5. The Labute approximate surface area is 106 Å². The highest BCUT2D eigenvalue weighted by Gasteiger charge is 2.23. The number of nitrogens with one attached hydrogen (secondary N) is 1. The summed E-state index contributed by atoms with van der Waals surface area (Å²) in [5.41, 5.74) is 0. The van der Waals surface area contributed by atoms with Crippen LogP contribution in [0.4, 0.5) is 0 Å². The van der Waals surface area contributed by atoms with Gasteiger partial charge < -0.3 is 5.32 Å². The van der Waals surface area contributed by atoms with Crippen LogP contribution in [0.2, 0.25) is 0 Å². The van der Waals surface area contributed by atoms with Crippen molar-refractivity contribution in [3.05, 3.63) is 0 Å². The molecule has 0 radical (unpaired) electrons. The highest BCUT2D eigenvalue weighted by atomic mass is 32.2. The monoisotopic (exact) mass is 261 g/mol. The van der Waals surface area contributed by atoms with Crippen LogP contribution in [0, 0.1) is 11.8 Å². The molecule has 0 aliphatic heterocycles. The van der Waals surface area contributed by atoms with E-state index in [0.717, 1.165) is 19.4 Å². The second-order valence-electron chi connectivity index (χ2n) is 5.70. The van der Waals surface area contributed by atoms with Crippen molar-refractivity contribution in [2.24, 2.45) is 11.8 Å². The first-order chi connectivity index (χ1) is 7.93. The van der Waals surface area contributed by atoms with Gasteiger partial charge in [0.25, 0.3) is 0 Å². The smallest absolute Gasteiger partial charge is 0.150 e. The zero-order chi connectivity index (χ0) is 12.9. The number of hydrogen-bond donors (Lipinski definition) is 1. The molecule has 0 spiro atoms. The molecule has 102 valence electrons. The molecule has 1 saturated carbocycles. The van der Waals surface area contributed by atoms with E-state index in [-0.39, 0.29) is 5.75 Å². The topological polar surface area (TPSA) is 46.2 Å². The second kappa shape index (κ2) is 6.74. The van der Waals surface area contributed by atoms with E-state index < -0.39 is 9.84 Å². The van der Waals surface area contributed by atoms with Gasteiger partial charge >= 0.3 is 0 Å². The summed E-state index contributed by atoms with van der Waals surface area (Å²) in [4.78, 5) is 0. The van der Waals surface area contributed by atoms with E-state index in [1.54, 1.807) is 6.92 Å². The molecule has 1 atom stereocenters. The van der Waals surface area contributed by atoms with Gasteiger partial charge in [0.15, 0.2) is 0 Å². The quantitative estimate of drug-likeness (QED) is 0.692. The predicted molar refractivity (Wildman–Crippen MR) is 72.9 cm³/mol. The normalized spacial score (nSPS) is 18.6. The SMILES string of the molecule is CCS(=O)(=O)CCC(CNC1CC1)CC(C)C. The summed E-state index contributed by atoms with van der Waals surface area (Å²) in [6.45, 7) is 7.13. The van der Waals surface area contributed by atoms with Gasteiger partial charge in [0.05, 0.1) is 5.75 Å². The Morgan fingerprint density at radius 1 is 1.29 bits per heavy atom. The molecule has 0 heterocycles. The Morgan fingerprint density at radius 3 is 2.41 bits per heavy atom. The summed E-state index contributed by atoms with van der Waals surface area (Å²) in [7, 11) is -2.80. The molecule has 1 aliphatic carbocycles. The third-order valence-electron chi connectivity index (χ3n) is 3.35. The zero-order valence-corrected chi connectivity index (χ0v) is 12.2. The van der Waals surface area contributed by atoms with E-state index in [0.29, 0.717) is 23.6 Å². The number of sulfone groups is 1. The third-order valence-corrected chi connectivity index (χ3v) is 5.09. The van der Waals surface area contributed by atoms with Crippen LogP contribution in [-0.4, -0.2) is 32.5 Å². The van der Waals surface area contributed by atoms with Crippen molar-refractivity contribution in [2.45, 2.75) is 52.5 Å². The molecule has 1 aliphatic rings. The fourth-order valence-corrected chi connectivity index (χ4v) is 3.06. The van der Waals surface area contributed by atoms with Crippen molar-refractivity contribution in [3.63, 3.8) is 0 Å². The molecule has 4 heteroatoms. The van der Waals surface area contributed by atoms with E-state index >= 15 is 0 Å². The van der Waals surface area contributed by atoms with E-state index in [4.69, 9.17) is 0 Å². The lowest BCUT2D eigenvalue weighted by atomic mass is 9.95. The Morgan fingerprint density at radius 2 is 1.94 bits per heavy atom. The summed E-state index contributed by atoms with van der Waals surface area (Å²) in [6, 6.07) is 0.715. The van der Waals surface area contributed by atoms with Crippen LogP contribution in [0.25, 0.3) is 0 Å². The highest BCUT2D eigenvalue weighted by molar-refractivity contribution is 7.91. The molecule has 0 aromatic carbocycles. The number of rotatable bonds is 9.